The minimum absolute atomic E-state index is 0.0416. The van der Waals surface area contributed by atoms with E-state index in [-0.39, 0.29) is 23.7 Å². The van der Waals surface area contributed by atoms with Crippen LogP contribution in [-0.2, 0) is 0 Å². The molecule has 3 unspecified atom stereocenters. The summed E-state index contributed by atoms with van der Waals surface area (Å²) in [4.78, 5) is 27.3. The van der Waals surface area contributed by atoms with Crippen molar-refractivity contribution in [2.45, 2.75) is 56.6 Å². The van der Waals surface area contributed by atoms with E-state index in [4.69, 9.17) is 4.52 Å². The van der Waals surface area contributed by atoms with Crippen LogP contribution in [0.25, 0.3) is 22.5 Å². The molecule has 1 amide bonds. The normalized spacial score (nSPS) is 31.7. The molecule has 10 nitrogen and oxygen atoms in total. The number of aromatic amines is 1. The molecule has 5 atom stereocenters. The van der Waals surface area contributed by atoms with Gasteiger partial charge in [0.15, 0.2) is 0 Å². The summed E-state index contributed by atoms with van der Waals surface area (Å²) in [6.45, 7) is 2.73. The molecule has 8 rings (SSSR count). The smallest absolute Gasteiger partial charge is 0.292 e. The highest BCUT2D eigenvalue weighted by Gasteiger charge is 2.54. The fourth-order valence-corrected chi connectivity index (χ4v) is 7.72. The van der Waals surface area contributed by atoms with E-state index in [1.165, 1.54) is 0 Å². The number of aromatic nitrogens is 4. The van der Waals surface area contributed by atoms with Crippen LogP contribution in [0.4, 0.5) is 5.69 Å². The number of nitrogens with one attached hydrogen (secondary N) is 3. The maximum Gasteiger partial charge on any atom is 0.292 e. The van der Waals surface area contributed by atoms with E-state index in [1.807, 2.05) is 12.3 Å². The number of nitrogens with zero attached hydrogens (tertiary/aromatic N) is 4. The Bertz CT molecular complexity index is 1290. The van der Waals surface area contributed by atoms with Gasteiger partial charge in [-0.2, -0.15) is 4.98 Å². The number of H-pyrrole nitrogens is 1. The van der Waals surface area contributed by atoms with Gasteiger partial charge in [0, 0.05) is 30.4 Å². The topological polar surface area (TPSA) is 132 Å². The quantitative estimate of drug-likeness (QED) is 0.402. The van der Waals surface area contributed by atoms with Crippen LogP contribution >= 0.6 is 0 Å². The number of carbonyl (C=O) groups is 1. The molecule has 1 aliphatic heterocycles. The minimum atomic E-state index is -0.485. The first kappa shape index (κ1) is 23.2. The molecule has 4 aliphatic carbocycles. The maximum absolute atomic E-state index is 12.8. The summed E-state index contributed by atoms with van der Waals surface area (Å²) in [5, 5.41) is 22.8. The molecule has 37 heavy (non-hydrogen) atoms. The summed E-state index contributed by atoms with van der Waals surface area (Å²) in [5.74, 6) is 2.00. The van der Waals surface area contributed by atoms with E-state index < -0.39 is 5.60 Å². The third-order valence-corrected chi connectivity index (χ3v) is 9.39. The zero-order valence-electron chi connectivity index (χ0n) is 21.2. The van der Waals surface area contributed by atoms with Gasteiger partial charge >= 0.3 is 0 Å². The first-order valence-electron chi connectivity index (χ1n) is 13.7. The minimum Gasteiger partial charge on any atom is -0.390 e. The Balaban J connectivity index is 1.13. The molecule has 4 saturated carbocycles. The summed E-state index contributed by atoms with van der Waals surface area (Å²) in [6, 6.07) is 2.28. The average Bonchev–Trinajstić information content (AvgIpc) is 3.55. The van der Waals surface area contributed by atoms with Crippen molar-refractivity contribution in [2.75, 3.05) is 32.0 Å². The molecular formula is C27H35N7O3. The number of aliphatic hydroxyl groups is 1. The van der Waals surface area contributed by atoms with Gasteiger partial charge in [-0.15, -0.1) is 0 Å². The summed E-state index contributed by atoms with van der Waals surface area (Å²) in [5.41, 5.74) is 1.89. The Hall–Kier alpha value is -2.98. The van der Waals surface area contributed by atoms with Crippen molar-refractivity contribution in [1.29, 1.82) is 0 Å². The van der Waals surface area contributed by atoms with Crippen molar-refractivity contribution >= 4 is 22.6 Å². The molecule has 0 radical (unpaired) electrons. The number of amides is 1. The number of likely N-dealkylation sites (tertiary alicyclic amines) is 1. The van der Waals surface area contributed by atoms with Crippen LogP contribution in [0.3, 0.4) is 0 Å². The van der Waals surface area contributed by atoms with Gasteiger partial charge in [0.2, 0.25) is 0 Å². The molecule has 1 saturated heterocycles. The van der Waals surface area contributed by atoms with Crippen molar-refractivity contribution < 1.29 is 14.4 Å². The highest BCUT2D eigenvalue weighted by atomic mass is 16.5. The van der Waals surface area contributed by atoms with Crippen LogP contribution in [0.1, 0.15) is 55.6 Å². The van der Waals surface area contributed by atoms with Gasteiger partial charge in [0.05, 0.1) is 16.9 Å². The lowest BCUT2D eigenvalue weighted by Gasteiger charge is -2.58. The molecule has 5 aliphatic rings. The van der Waals surface area contributed by atoms with Gasteiger partial charge in [-0.3, -0.25) is 4.79 Å². The number of fused-ring (bicyclic) bond motifs is 1. The summed E-state index contributed by atoms with van der Waals surface area (Å²) < 4.78 is 5.61. The molecule has 10 heteroatoms. The lowest BCUT2D eigenvalue weighted by Crippen LogP contribution is -2.59. The Labute approximate surface area is 215 Å². The van der Waals surface area contributed by atoms with Crippen LogP contribution in [0.15, 0.2) is 23.0 Å². The summed E-state index contributed by atoms with van der Waals surface area (Å²) in [6.07, 6.45) is 10.8. The van der Waals surface area contributed by atoms with Crippen molar-refractivity contribution in [3.8, 4) is 11.5 Å². The van der Waals surface area contributed by atoms with E-state index in [0.29, 0.717) is 35.8 Å². The van der Waals surface area contributed by atoms with E-state index in [9.17, 15) is 9.90 Å². The number of carbonyl (C=O) groups excluding carboxylic acids is 1. The van der Waals surface area contributed by atoms with Gasteiger partial charge in [-0.05, 0) is 94.8 Å². The Morgan fingerprint density at radius 2 is 2.03 bits per heavy atom. The zero-order valence-corrected chi connectivity index (χ0v) is 21.2. The maximum atomic E-state index is 12.8. The second-order valence-electron chi connectivity index (χ2n) is 12.0. The molecule has 3 aromatic heterocycles. The van der Waals surface area contributed by atoms with Gasteiger partial charge < -0.3 is 30.1 Å². The molecule has 0 spiro atoms. The molecule has 196 valence electrons. The van der Waals surface area contributed by atoms with Crippen molar-refractivity contribution in [1.82, 2.24) is 30.3 Å². The SMILES string of the molecule is CN1CCC(CNC(=O)c2noc(-c3cnc4[nH]ccc4c3NC3[C@@H]4CC5C[C@H]3CC(O)(C5)C4)n2)CC1. The Morgan fingerprint density at radius 1 is 1.24 bits per heavy atom. The number of hydrogen-bond donors (Lipinski definition) is 4. The van der Waals surface area contributed by atoms with Gasteiger partial charge in [0.1, 0.15) is 5.65 Å². The summed E-state index contributed by atoms with van der Waals surface area (Å²) in [7, 11) is 2.13. The van der Waals surface area contributed by atoms with E-state index >= 15 is 0 Å². The first-order chi connectivity index (χ1) is 17.9. The van der Waals surface area contributed by atoms with E-state index in [2.05, 4.69) is 42.7 Å². The average molecular weight is 506 g/mol. The fourth-order valence-electron chi connectivity index (χ4n) is 7.72. The third kappa shape index (κ3) is 4.20. The Kier molecular flexibility index (Phi) is 5.51. The lowest BCUT2D eigenvalue weighted by atomic mass is 9.52. The summed E-state index contributed by atoms with van der Waals surface area (Å²) >= 11 is 0. The van der Waals surface area contributed by atoms with Crippen LogP contribution in [0, 0.1) is 23.7 Å². The first-order valence-corrected chi connectivity index (χ1v) is 13.7. The van der Waals surface area contributed by atoms with E-state index in [1.54, 1.807) is 6.20 Å². The molecular weight excluding hydrogens is 470 g/mol. The number of anilines is 1. The monoisotopic (exact) mass is 505 g/mol. The van der Waals surface area contributed by atoms with Crippen LogP contribution in [0.5, 0.6) is 0 Å². The van der Waals surface area contributed by atoms with E-state index in [0.717, 1.165) is 74.8 Å². The zero-order chi connectivity index (χ0) is 25.1. The predicted molar refractivity (Wildman–Crippen MR) is 138 cm³/mol. The van der Waals surface area contributed by atoms with Crippen LogP contribution in [0.2, 0.25) is 0 Å². The molecule has 5 fully saturated rings. The van der Waals surface area contributed by atoms with Crippen molar-refractivity contribution in [3.05, 3.63) is 24.3 Å². The molecule has 4 heterocycles. The number of piperidine rings is 1. The van der Waals surface area contributed by atoms with Crippen molar-refractivity contribution in [2.24, 2.45) is 23.7 Å². The highest BCUT2D eigenvalue weighted by molar-refractivity contribution is 5.97. The lowest BCUT2D eigenvalue weighted by molar-refractivity contribution is -0.129. The molecule has 4 N–H and O–H groups in total. The predicted octanol–water partition coefficient (Wildman–Crippen LogP) is 3.04. The fraction of sp³-hybridized carbons (Fsp3) is 0.630. The Morgan fingerprint density at radius 3 is 2.78 bits per heavy atom. The highest BCUT2D eigenvalue weighted by Crippen LogP contribution is 2.56. The largest absolute Gasteiger partial charge is 0.390 e. The molecule has 4 bridgehead atoms. The molecule has 3 aromatic rings. The standard InChI is InChI=1S/C27H35N7O3/c1-34-6-3-15(4-7-34)13-30-25(35)24-32-26(37-33-24)20-14-29-23-19(2-5-28-23)22(20)31-21-17-8-16-9-18(21)12-27(36,10-16)11-17/h2,5,14-18,21,36H,3-4,6-13H2,1H3,(H,30,35)(H2,28,29,31)/t16?,17-,18+,21?,27?. The number of hydrogen-bond acceptors (Lipinski definition) is 8. The van der Waals surface area contributed by atoms with Crippen molar-refractivity contribution in [3.63, 3.8) is 0 Å². The van der Waals surface area contributed by atoms with Gasteiger partial charge in [0.25, 0.3) is 17.6 Å². The second-order valence-corrected chi connectivity index (χ2v) is 12.0. The van der Waals surface area contributed by atoms with Crippen LogP contribution < -0.4 is 10.6 Å². The van der Waals surface area contributed by atoms with Gasteiger partial charge in [-0.25, -0.2) is 4.98 Å². The second kappa shape index (κ2) is 8.80. The molecule has 0 aromatic carbocycles. The van der Waals surface area contributed by atoms with Crippen LogP contribution in [-0.4, -0.2) is 74.3 Å². The number of rotatable bonds is 6. The van der Waals surface area contributed by atoms with Gasteiger partial charge in [-0.1, -0.05) is 5.16 Å². The third-order valence-electron chi connectivity index (χ3n) is 9.39. The number of pyridine rings is 1.